The van der Waals surface area contributed by atoms with E-state index < -0.39 is 0 Å². The minimum Gasteiger partial charge on any atom is -0.506 e. The van der Waals surface area contributed by atoms with Crippen LogP contribution in [0.2, 0.25) is 0 Å². The molecular formula is C21H25Cl2N3O2. The van der Waals surface area contributed by atoms with E-state index in [2.05, 4.69) is 15.2 Å². The lowest BCUT2D eigenvalue weighted by Crippen LogP contribution is -2.27. The number of nitrogens with zero attached hydrogens (tertiary/aromatic N) is 2. The molecule has 2 aromatic carbocycles. The Bertz CT molecular complexity index is 915. The third-order valence-electron chi connectivity index (χ3n) is 4.23. The number of pyridine rings is 1. The van der Waals surface area contributed by atoms with E-state index in [1.165, 1.54) is 0 Å². The van der Waals surface area contributed by atoms with E-state index in [9.17, 15) is 9.90 Å². The summed E-state index contributed by atoms with van der Waals surface area (Å²) in [7, 11) is 4.03. The number of hydrogen-bond acceptors (Lipinski definition) is 4. The Labute approximate surface area is 177 Å². The van der Waals surface area contributed by atoms with Gasteiger partial charge in [-0.2, -0.15) is 0 Å². The molecule has 1 amide bonds. The minimum absolute atomic E-state index is 0. The number of carbonyl (C=O) groups is 1. The van der Waals surface area contributed by atoms with Gasteiger partial charge in [0.15, 0.2) is 0 Å². The Hall–Kier alpha value is -2.34. The van der Waals surface area contributed by atoms with E-state index in [1.807, 2.05) is 44.4 Å². The van der Waals surface area contributed by atoms with E-state index in [-0.39, 0.29) is 36.5 Å². The van der Waals surface area contributed by atoms with E-state index in [4.69, 9.17) is 0 Å². The molecule has 0 atom stereocenters. The highest BCUT2D eigenvalue weighted by molar-refractivity contribution is 5.95. The Balaban J connectivity index is 0.00000196. The maximum Gasteiger partial charge on any atom is 0.251 e. The lowest BCUT2D eigenvalue weighted by molar-refractivity contribution is 0.0952. The fourth-order valence-electron chi connectivity index (χ4n) is 2.85. The lowest BCUT2D eigenvalue weighted by Gasteiger charge is -2.10. The summed E-state index contributed by atoms with van der Waals surface area (Å²) in [6.45, 7) is 1.60. The monoisotopic (exact) mass is 421 g/mol. The number of amides is 1. The molecule has 0 fully saturated rings. The number of aromatic hydroxyl groups is 1. The molecule has 0 radical (unpaired) electrons. The average Bonchev–Trinajstić information content (AvgIpc) is 2.65. The zero-order valence-corrected chi connectivity index (χ0v) is 17.5. The van der Waals surface area contributed by atoms with E-state index in [1.54, 1.807) is 24.4 Å². The number of halogens is 2. The van der Waals surface area contributed by atoms with Crippen molar-refractivity contribution in [2.24, 2.45) is 0 Å². The molecule has 7 heteroatoms. The van der Waals surface area contributed by atoms with Gasteiger partial charge in [-0.3, -0.25) is 9.78 Å². The van der Waals surface area contributed by atoms with Gasteiger partial charge in [0.25, 0.3) is 5.91 Å². The summed E-state index contributed by atoms with van der Waals surface area (Å²) < 4.78 is 0. The first kappa shape index (κ1) is 23.7. The van der Waals surface area contributed by atoms with Crippen molar-refractivity contribution in [1.82, 2.24) is 15.2 Å². The molecule has 28 heavy (non-hydrogen) atoms. The van der Waals surface area contributed by atoms with Crippen LogP contribution in [0.15, 0.2) is 54.7 Å². The van der Waals surface area contributed by atoms with Crippen LogP contribution in [-0.2, 0) is 0 Å². The zero-order chi connectivity index (χ0) is 18.5. The smallest absolute Gasteiger partial charge is 0.251 e. The predicted molar refractivity (Wildman–Crippen MR) is 119 cm³/mol. The molecule has 3 rings (SSSR count). The second-order valence-electron chi connectivity index (χ2n) is 6.56. The summed E-state index contributed by atoms with van der Waals surface area (Å²) in [5.41, 5.74) is 3.05. The van der Waals surface area contributed by atoms with E-state index in [0.29, 0.717) is 17.6 Å². The number of phenols is 1. The maximum absolute atomic E-state index is 12.2. The van der Waals surface area contributed by atoms with Gasteiger partial charge < -0.3 is 15.3 Å². The van der Waals surface area contributed by atoms with Crippen LogP contribution < -0.4 is 5.32 Å². The third-order valence-corrected chi connectivity index (χ3v) is 4.23. The number of aromatic nitrogens is 1. The SMILES string of the molecule is CN(C)CCCNC(=O)c1ccc(-c2cc(O)c3ncccc3c2)cc1.Cl.Cl. The van der Waals surface area contributed by atoms with Crippen LogP contribution in [0, 0.1) is 0 Å². The van der Waals surface area contributed by atoms with Crippen LogP contribution in [-0.4, -0.2) is 48.1 Å². The van der Waals surface area contributed by atoms with Crippen molar-refractivity contribution >= 4 is 41.6 Å². The highest BCUT2D eigenvalue weighted by Gasteiger charge is 2.08. The van der Waals surface area contributed by atoms with Crippen LogP contribution in [0.1, 0.15) is 16.8 Å². The third kappa shape index (κ3) is 5.83. The summed E-state index contributed by atoms with van der Waals surface area (Å²) in [6, 6.07) is 14.8. The molecular weight excluding hydrogens is 397 g/mol. The van der Waals surface area contributed by atoms with Crippen LogP contribution in [0.4, 0.5) is 0 Å². The van der Waals surface area contributed by atoms with E-state index in [0.717, 1.165) is 29.5 Å². The standard InChI is InChI=1S/C21H23N3O2.2ClH/c1-24(2)12-4-11-23-21(26)16-8-6-15(7-9-16)18-13-17-5-3-10-22-20(17)19(25)14-18;;/h3,5-10,13-14,25H,4,11-12H2,1-2H3,(H,23,26);2*1H. The number of hydrogen-bond donors (Lipinski definition) is 2. The first-order valence-electron chi connectivity index (χ1n) is 8.66. The van der Waals surface area contributed by atoms with Crippen molar-refractivity contribution in [3.05, 3.63) is 60.3 Å². The molecule has 5 nitrogen and oxygen atoms in total. The second-order valence-corrected chi connectivity index (χ2v) is 6.56. The van der Waals surface area contributed by atoms with Crippen molar-refractivity contribution in [3.8, 4) is 16.9 Å². The zero-order valence-electron chi connectivity index (χ0n) is 15.9. The largest absolute Gasteiger partial charge is 0.506 e. The van der Waals surface area contributed by atoms with Crippen LogP contribution in [0.3, 0.4) is 0 Å². The molecule has 0 aliphatic heterocycles. The number of carbonyl (C=O) groups excluding carboxylic acids is 1. The van der Waals surface area contributed by atoms with E-state index >= 15 is 0 Å². The van der Waals surface area contributed by atoms with Gasteiger partial charge in [0.2, 0.25) is 0 Å². The van der Waals surface area contributed by atoms with Gasteiger partial charge in [0.05, 0.1) is 0 Å². The van der Waals surface area contributed by atoms with Gasteiger partial charge in [-0.05, 0) is 68.5 Å². The highest BCUT2D eigenvalue weighted by Crippen LogP contribution is 2.30. The van der Waals surface area contributed by atoms with Crippen molar-refractivity contribution in [3.63, 3.8) is 0 Å². The van der Waals surface area contributed by atoms with Gasteiger partial charge in [-0.15, -0.1) is 24.8 Å². The molecule has 0 aliphatic carbocycles. The minimum atomic E-state index is -0.0686. The fourth-order valence-corrected chi connectivity index (χ4v) is 2.85. The second kappa shape index (κ2) is 10.9. The Kier molecular flexibility index (Phi) is 9.19. The molecule has 0 saturated carbocycles. The topological polar surface area (TPSA) is 65.5 Å². The van der Waals surface area contributed by atoms with Crippen molar-refractivity contribution in [1.29, 1.82) is 0 Å². The maximum atomic E-state index is 12.2. The molecule has 0 saturated heterocycles. The Morgan fingerprint density at radius 1 is 1.07 bits per heavy atom. The quantitative estimate of drug-likeness (QED) is 0.587. The average molecular weight is 422 g/mol. The molecule has 3 aromatic rings. The number of fused-ring (bicyclic) bond motifs is 1. The fraction of sp³-hybridized carbons (Fsp3) is 0.238. The van der Waals surface area contributed by atoms with Gasteiger partial charge in [-0.25, -0.2) is 0 Å². The van der Waals surface area contributed by atoms with Gasteiger partial charge in [0.1, 0.15) is 11.3 Å². The lowest BCUT2D eigenvalue weighted by atomic mass is 10.0. The van der Waals surface area contributed by atoms with Crippen LogP contribution >= 0.6 is 24.8 Å². The molecule has 0 unspecified atom stereocenters. The molecule has 0 bridgehead atoms. The van der Waals surface area contributed by atoms with Gasteiger partial charge in [0, 0.05) is 23.7 Å². The van der Waals surface area contributed by atoms with Crippen LogP contribution in [0.25, 0.3) is 22.0 Å². The summed E-state index contributed by atoms with van der Waals surface area (Å²) in [6.07, 6.45) is 2.58. The van der Waals surface area contributed by atoms with Gasteiger partial charge in [-0.1, -0.05) is 18.2 Å². The first-order valence-corrected chi connectivity index (χ1v) is 8.66. The van der Waals surface area contributed by atoms with Gasteiger partial charge >= 0.3 is 0 Å². The normalized spacial score (nSPS) is 10.2. The number of nitrogens with one attached hydrogen (secondary N) is 1. The predicted octanol–water partition coefficient (Wildman–Crippen LogP) is 4.13. The molecule has 150 valence electrons. The Morgan fingerprint density at radius 3 is 2.46 bits per heavy atom. The molecule has 2 N–H and O–H groups in total. The van der Waals surface area contributed by atoms with Crippen LogP contribution in [0.5, 0.6) is 5.75 Å². The summed E-state index contributed by atoms with van der Waals surface area (Å²) in [5, 5.41) is 14.0. The number of benzene rings is 2. The van der Waals surface area contributed by atoms with Crippen molar-refractivity contribution < 1.29 is 9.90 Å². The Morgan fingerprint density at radius 2 is 1.79 bits per heavy atom. The highest BCUT2D eigenvalue weighted by atomic mass is 35.5. The molecule has 0 spiro atoms. The summed E-state index contributed by atoms with van der Waals surface area (Å²) in [4.78, 5) is 18.5. The summed E-state index contributed by atoms with van der Waals surface area (Å²) >= 11 is 0. The number of phenolic OH excluding ortho intramolecular Hbond substituents is 1. The molecule has 1 aromatic heterocycles. The van der Waals surface area contributed by atoms with Crippen molar-refractivity contribution in [2.45, 2.75) is 6.42 Å². The van der Waals surface area contributed by atoms with Crippen molar-refractivity contribution in [2.75, 3.05) is 27.2 Å². The number of rotatable bonds is 6. The molecule has 1 heterocycles. The molecule has 0 aliphatic rings. The summed E-state index contributed by atoms with van der Waals surface area (Å²) in [5.74, 6) is 0.0849. The first-order chi connectivity index (χ1) is 12.5.